The zero-order valence-corrected chi connectivity index (χ0v) is 15.6. The zero-order valence-electron chi connectivity index (χ0n) is 14.8. The summed E-state index contributed by atoms with van der Waals surface area (Å²) in [6, 6.07) is 13.4. The molecule has 3 rings (SSSR count). The van der Waals surface area contributed by atoms with E-state index in [4.69, 9.17) is 9.47 Å². The first kappa shape index (κ1) is 18.8. The van der Waals surface area contributed by atoms with Crippen molar-refractivity contribution in [2.45, 2.75) is 19.4 Å². The van der Waals surface area contributed by atoms with E-state index in [1.54, 1.807) is 13.1 Å². The standard InChI is InChI=1S/C19H24N2O4S/c1-2-26(22,23)21-19-10-12-24-13-16(19)14-25-17-8-6-15(7-9-17)18-5-3-4-11-20-18/h3-9,11,16,19,21H,2,10,12-14H2,1H3/t16-,19+/m0/s1. The predicted molar refractivity (Wildman–Crippen MR) is 100 cm³/mol. The van der Waals surface area contributed by atoms with Gasteiger partial charge in [-0.1, -0.05) is 6.07 Å². The van der Waals surface area contributed by atoms with Crippen molar-refractivity contribution in [2.24, 2.45) is 5.92 Å². The van der Waals surface area contributed by atoms with E-state index < -0.39 is 10.0 Å². The molecule has 0 saturated carbocycles. The van der Waals surface area contributed by atoms with E-state index in [0.717, 1.165) is 17.0 Å². The third kappa shape index (κ3) is 5.03. The summed E-state index contributed by atoms with van der Waals surface area (Å²) in [6.07, 6.45) is 2.42. The first-order valence-electron chi connectivity index (χ1n) is 8.79. The van der Waals surface area contributed by atoms with Crippen molar-refractivity contribution in [3.8, 4) is 17.0 Å². The maximum atomic E-state index is 11.9. The van der Waals surface area contributed by atoms with Gasteiger partial charge in [-0.05, 0) is 49.7 Å². The third-order valence-corrected chi connectivity index (χ3v) is 5.89. The Morgan fingerprint density at radius 2 is 2.04 bits per heavy atom. The summed E-state index contributed by atoms with van der Waals surface area (Å²) in [4.78, 5) is 4.33. The molecule has 1 aliphatic heterocycles. The number of nitrogens with zero attached hydrogens (tertiary/aromatic N) is 1. The molecule has 140 valence electrons. The maximum Gasteiger partial charge on any atom is 0.211 e. The monoisotopic (exact) mass is 376 g/mol. The summed E-state index contributed by atoms with van der Waals surface area (Å²) < 4.78 is 37.9. The van der Waals surface area contributed by atoms with E-state index in [1.165, 1.54) is 0 Å². The first-order valence-corrected chi connectivity index (χ1v) is 10.4. The van der Waals surface area contributed by atoms with Gasteiger partial charge in [0, 0.05) is 30.3 Å². The summed E-state index contributed by atoms with van der Waals surface area (Å²) in [5, 5.41) is 0. The Hall–Kier alpha value is -1.96. The normalized spacial score (nSPS) is 20.7. The van der Waals surface area contributed by atoms with Crippen molar-refractivity contribution < 1.29 is 17.9 Å². The highest BCUT2D eigenvalue weighted by atomic mass is 32.2. The molecule has 0 spiro atoms. The summed E-state index contributed by atoms with van der Waals surface area (Å²) in [5.74, 6) is 0.806. The summed E-state index contributed by atoms with van der Waals surface area (Å²) in [6.45, 7) is 3.09. The second kappa shape index (κ2) is 8.62. The smallest absolute Gasteiger partial charge is 0.211 e. The highest BCUT2D eigenvalue weighted by molar-refractivity contribution is 7.89. The average molecular weight is 376 g/mol. The molecule has 0 aliphatic carbocycles. The highest BCUT2D eigenvalue weighted by Crippen LogP contribution is 2.22. The maximum absolute atomic E-state index is 11.9. The minimum atomic E-state index is -3.24. The quantitative estimate of drug-likeness (QED) is 0.803. The molecule has 1 aromatic heterocycles. The van der Waals surface area contributed by atoms with Gasteiger partial charge in [-0.3, -0.25) is 4.98 Å². The Balaban J connectivity index is 1.60. The molecule has 1 aliphatic rings. The van der Waals surface area contributed by atoms with E-state index in [9.17, 15) is 8.42 Å². The van der Waals surface area contributed by atoms with E-state index >= 15 is 0 Å². The third-order valence-electron chi connectivity index (χ3n) is 4.46. The van der Waals surface area contributed by atoms with Crippen LogP contribution in [-0.2, 0) is 14.8 Å². The van der Waals surface area contributed by atoms with Crippen LogP contribution in [-0.4, -0.2) is 45.0 Å². The molecule has 2 aromatic rings. The van der Waals surface area contributed by atoms with Crippen LogP contribution in [0.25, 0.3) is 11.3 Å². The molecule has 0 unspecified atom stereocenters. The van der Waals surface area contributed by atoms with Crippen molar-refractivity contribution in [2.75, 3.05) is 25.6 Å². The van der Waals surface area contributed by atoms with Crippen LogP contribution in [0.1, 0.15) is 13.3 Å². The molecule has 0 amide bonds. The largest absolute Gasteiger partial charge is 0.493 e. The predicted octanol–water partition coefficient (Wildman–Crippen LogP) is 2.47. The number of ether oxygens (including phenoxy) is 2. The summed E-state index contributed by atoms with van der Waals surface area (Å²) >= 11 is 0. The molecular formula is C19H24N2O4S. The first-order chi connectivity index (χ1) is 12.6. The molecule has 2 atom stereocenters. The topological polar surface area (TPSA) is 77.5 Å². The molecule has 6 nitrogen and oxygen atoms in total. The van der Waals surface area contributed by atoms with Crippen molar-refractivity contribution in [3.05, 3.63) is 48.7 Å². The van der Waals surface area contributed by atoms with E-state index in [-0.39, 0.29) is 17.7 Å². The zero-order chi connectivity index (χ0) is 18.4. The molecule has 1 aromatic carbocycles. The Bertz CT molecular complexity index is 794. The molecule has 1 saturated heterocycles. The van der Waals surface area contributed by atoms with Crippen molar-refractivity contribution in [1.29, 1.82) is 0 Å². The Kier molecular flexibility index (Phi) is 6.24. The molecule has 7 heteroatoms. The lowest BCUT2D eigenvalue weighted by Crippen LogP contribution is -2.47. The molecule has 2 heterocycles. The average Bonchev–Trinajstić information content (AvgIpc) is 2.68. The van der Waals surface area contributed by atoms with Gasteiger partial charge in [0.15, 0.2) is 0 Å². The highest BCUT2D eigenvalue weighted by Gasteiger charge is 2.29. The van der Waals surface area contributed by atoms with Crippen LogP contribution in [0.2, 0.25) is 0 Å². The fourth-order valence-corrected chi connectivity index (χ4v) is 3.83. The number of hydrogen-bond donors (Lipinski definition) is 1. The van der Waals surface area contributed by atoms with Crippen molar-refractivity contribution in [1.82, 2.24) is 9.71 Å². The van der Waals surface area contributed by atoms with Crippen LogP contribution >= 0.6 is 0 Å². The summed E-state index contributed by atoms with van der Waals surface area (Å²) in [5.41, 5.74) is 1.93. The number of sulfonamides is 1. The van der Waals surface area contributed by atoms with Crippen LogP contribution in [0, 0.1) is 5.92 Å². The Labute approximate surface area is 154 Å². The van der Waals surface area contributed by atoms with Gasteiger partial charge in [-0.25, -0.2) is 13.1 Å². The molecule has 1 N–H and O–H groups in total. The minimum absolute atomic E-state index is 0.0134. The van der Waals surface area contributed by atoms with Crippen LogP contribution in [0.3, 0.4) is 0 Å². The fourth-order valence-electron chi connectivity index (χ4n) is 2.89. The molecule has 26 heavy (non-hydrogen) atoms. The van der Waals surface area contributed by atoms with Gasteiger partial charge in [-0.2, -0.15) is 0 Å². The van der Waals surface area contributed by atoms with Gasteiger partial charge < -0.3 is 9.47 Å². The Morgan fingerprint density at radius 3 is 2.73 bits per heavy atom. The van der Waals surface area contributed by atoms with E-state index in [2.05, 4.69) is 9.71 Å². The van der Waals surface area contributed by atoms with Crippen LogP contribution in [0.5, 0.6) is 5.75 Å². The van der Waals surface area contributed by atoms with Gasteiger partial charge in [0.1, 0.15) is 5.75 Å². The van der Waals surface area contributed by atoms with Gasteiger partial charge in [0.05, 0.1) is 24.7 Å². The number of aromatic nitrogens is 1. The van der Waals surface area contributed by atoms with Crippen molar-refractivity contribution in [3.63, 3.8) is 0 Å². The van der Waals surface area contributed by atoms with E-state index in [0.29, 0.717) is 26.2 Å². The number of pyridine rings is 1. The second-order valence-electron chi connectivity index (χ2n) is 6.30. The molecular weight excluding hydrogens is 352 g/mol. The molecule has 0 radical (unpaired) electrons. The van der Waals surface area contributed by atoms with Crippen molar-refractivity contribution >= 4 is 10.0 Å². The molecule has 0 bridgehead atoms. The van der Waals surface area contributed by atoms with Crippen LogP contribution in [0.4, 0.5) is 0 Å². The number of nitrogens with one attached hydrogen (secondary N) is 1. The van der Waals surface area contributed by atoms with Gasteiger partial charge in [0.2, 0.25) is 10.0 Å². The number of hydrogen-bond acceptors (Lipinski definition) is 5. The fraction of sp³-hybridized carbons (Fsp3) is 0.421. The van der Waals surface area contributed by atoms with Crippen LogP contribution < -0.4 is 9.46 Å². The van der Waals surface area contributed by atoms with Crippen LogP contribution in [0.15, 0.2) is 48.7 Å². The summed E-state index contributed by atoms with van der Waals surface area (Å²) in [7, 11) is -3.24. The van der Waals surface area contributed by atoms with Gasteiger partial charge >= 0.3 is 0 Å². The lowest BCUT2D eigenvalue weighted by Gasteiger charge is -2.31. The molecule has 1 fully saturated rings. The SMILES string of the molecule is CCS(=O)(=O)N[C@@H]1CCOC[C@H]1COc1ccc(-c2ccccn2)cc1. The lowest BCUT2D eigenvalue weighted by atomic mass is 9.98. The second-order valence-corrected chi connectivity index (χ2v) is 8.34. The Morgan fingerprint density at radius 1 is 1.23 bits per heavy atom. The number of rotatable bonds is 7. The number of benzene rings is 1. The van der Waals surface area contributed by atoms with Gasteiger partial charge in [0.25, 0.3) is 0 Å². The van der Waals surface area contributed by atoms with Gasteiger partial charge in [-0.15, -0.1) is 0 Å². The van der Waals surface area contributed by atoms with E-state index in [1.807, 2.05) is 42.5 Å². The lowest BCUT2D eigenvalue weighted by molar-refractivity contribution is 0.0186. The minimum Gasteiger partial charge on any atom is -0.493 e.